The van der Waals surface area contributed by atoms with Crippen LogP contribution >= 0.6 is 0 Å². The van der Waals surface area contributed by atoms with E-state index in [1.54, 1.807) is 32.6 Å². The number of unbranched alkanes of at least 4 members (excludes halogenated alkanes) is 15. The Labute approximate surface area is 181 Å². The van der Waals surface area contributed by atoms with Crippen LogP contribution in [0.25, 0.3) is 0 Å². The Balaban J connectivity index is 0. The van der Waals surface area contributed by atoms with Crippen molar-refractivity contribution in [3.8, 4) is 0 Å². The monoisotopic (exact) mass is 490 g/mol. The molecule has 0 atom stereocenters. The summed E-state index contributed by atoms with van der Waals surface area (Å²) in [5, 5.41) is 8.25. The molecule has 0 spiro atoms. The summed E-state index contributed by atoms with van der Waals surface area (Å²) in [6, 6.07) is 0. The molecule has 164 valence electrons. The minimum Gasteiger partial charge on any atom is -0.857 e. The van der Waals surface area contributed by atoms with Crippen molar-refractivity contribution in [1.29, 1.82) is 0 Å². The zero-order valence-corrected chi connectivity index (χ0v) is 22.6. The quantitative estimate of drug-likeness (QED) is 0.117. The first kappa shape index (κ1) is 30.0. The Morgan fingerprint density at radius 3 is 0.852 bits per heavy atom. The van der Waals surface area contributed by atoms with E-state index in [0.717, 1.165) is 7.11 Å². The van der Waals surface area contributed by atoms with Crippen LogP contribution in [0.4, 0.5) is 0 Å². The van der Waals surface area contributed by atoms with Gasteiger partial charge in [-0.3, -0.25) is 0 Å². The van der Waals surface area contributed by atoms with E-state index in [4.69, 9.17) is 5.11 Å². The summed E-state index contributed by atoms with van der Waals surface area (Å²) in [5.74, 6) is 0. The third-order valence-electron chi connectivity index (χ3n) is 5.65. The SMILES string of the molecule is CCCCCCC[CH2][Sn+]([CH2]CCCCCCC)[CH2]CCCCCCC.C[O-]. The molecular weight excluding hydrogens is 435 g/mol. The zero-order chi connectivity index (χ0) is 20.4. The molecule has 0 aliphatic carbocycles. The van der Waals surface area contributed by atoms with Crippen LogP contribution in [0.3, 0.4) is 0 Å². The van der Waals surface area contributed by atoms with Gasteiger partial charge < -0.3 is 5.11 Å². The number of hydrogen-bond donors (Lipinski definition) is 0. The van der Waals surface area contributed by atoms with Gasteiger partial charge in [-0.2, -0.15) is 7.11 Å². The molecule has 0 aliphatic heterocycles. The van der Waals surface area contributed by atoms with Gasteiger partial charge in [-0.05, 0) is 0 Å². The normalized spacial score (nSPS) is 10.6. The summed E-state index contributed by atoms with van der Waals surface area (Å²) >= 11 is -1.02. The third kappa shape index (κ3) is 26.8. The van der Waals surface area contributed by atoms with Crippen LogP contribution in [0.5, 0.6) is 0 Å². The van der Waals surface area contributed by atoms with E-state index in [9.17, 15) is 0 Å². The van der Waals surface area contributed by atoms with Crippen molar-refractivity contribution in [3.63, 3.8) is 0 Å². The fraction of sp³-hybridized carbons (Fsp3) is 1.00. The summed E-state index contributed by atoms with van der Waals surface area (Å²) < 4.78 is 5.16. The second kappa shape index (κ2) is 29.0. The van der Waals surface area contributed by atoms with Gasteiger partial charge in [0.25, 0.3) is 0 Å². The maximum Gasteiger partial charge on any atom is -0.153 e. The molecule has 0 saturated heterocycles. The van der Waals surface area contributed by atoms with Crippen LogP contribution in [0.1, 0.15) is 136 Å². The molecule has 0 unspecified atom stereocenters. The van der Waals surface area contributed by atoms with Gasteiger partial charge in [0.2, 0.25) is 0 Å². The molecule has 0 radical (unpaired) electrons. The van der Waals surface area contributed by atoms with Crippen molar-refractivity contribution >= 4 is 19.8 Å². The minimum absolute atomic E-state index is 0.750. The molecule has 0 aromatic rings. The maximum absolute atomic E-state index is 8.25. The molecular formula is C25H54OSn. The van der Waals surface area contributed by atoms with Gasteiger partial charge in [-0.1, -0.05) is 0 Å². The molecule has 0 fully saturated rings. The standard InChI is InChI=1S/3C8H17.CH3O.Sn/c3*1-3-5-7-8-6-4-2;1-2;/h3*1,3-8H2,2H3;1H3;/q;;;-1;+1. The van der Waals surface area contributed by atoms with Gasteiger partial charge in [0.1, 0.15) is 0 Å². The third-order valence-corrected chi connectivity index (χ3v) is 14.7. The Morgan fingerprint density at radius 1 is 0.370 bits per heavy atom. The first-order chi connectivity index (χ1) is 13.3. The summed E-state index contributed by atoms with van der Waals surface area (Å²) in [6.45, 7) is 6.98. The van der Waals surface area contributed by atoms with E-state index in [1.165, 1.54) is 96.3 Å². The average Bonchev–Trinajstić information content (AvgIpc) is 2.70. The minimum atomic E-state index is -1.02. The van der Waals surface area contributed by atoms with Crippen LogP contribution in [0.15, 0.2) is 0 Å². The molecule has 2 heteroatoms. The van der Waals surface area contributed by atoms with Crippen molar-refractivity contribution in [2.75, 3.05) is 7.11 Å². The molecule has 0 saturated carbocycles. The molecule has 0 heterocycles. The largest absolute Gasteiger partial charge is 0.857 e. The molecule has 1 nitrogen and oxygen atoms in total. The second-order valence-corrected chi connectivity index (χ2v) is 16.9. The summed E-state index contributed by atoms with van der Waals surface area (Å²) in [7, 11) is 0.750. The Morgan fingerprint density at radius 2 is 0.593 bits per heavy atom. The molecule has 0 N–H and O–H groups in total. The van der Waals surface area contributed by atoms with E-state index in [2.05, 4.69) is 20.8 Å². The Hall–Kier alpha value is 0.759. The fourth-order valence-corrected chi connectivity index (χ4v) is 12.4. The summed E-state index contributed by atoms with van der Waals surface area (Å²) in [4.78, 5) is 0. The topological polar surface area (TPSA) is 23.1 Å². The van der Waals surface area contributed by atoms with Crippen molar-refractivity contribution in [2.24, 2.45) is 0 Å². The van der Waals surface area contributed by atoms with Crippen LogP contribution in [0.2, 0.25) is 13.3 Å². The predicted octanol–water partition coefficient (Wildman–Crippen LogP) is 8.54. The van der Waals surface area contributed by atoms with Crippen LogP contribution < -0.4 is 5.11 Å². The summed E-state index contributed by atoms with van der Waals surface area (Å²) in [6.07, 6.45) is 26.9. The van der Waals surface area contributed by atoms with E-state index in [0.29, 0.717) is 0 Å². The van der Waals surface area contributed by atoms with Gasteiger partial charge >= 0.3 is 169 Å². The van der Waals surface area contributed by atoms with Gasteiger partial charge in [0, 0.05) is 0 Å². The van der Waals surface area contributed by atoms with Gasteiger partial charge in [0.05, 0.1) is 0 Å². The number of hydrogen-bond acceptors (Lipinski definition) is 1. The maximum atomic E-state index is 8.25. The first-order valence-electron chi connectivity index (χ1n) is 12.6. The van der Waals surface area contributed by atoms with E-state index in [-0.39, 0.29) is 0 Å². The predicted molar refractivity (Wildman–Crippen MR) is 126 cm³/mol. The molecule has 0 rings (SSSR count). The second-order valence-electron chi connectivity index (χ2n) is 8.30. The summed E-state index contributed by atoms with van der Waals surface area (Å²) in [5.41, 5.74) is 0. The van der Waals surface area contributed by atoms with Gasteiger partial charge in [0.15, 0.2) is 0 Å². The van der Waals surface area contributed by atoms with Crippen molar-refractivity contribution in [1.82, 2.24) is 0 Å². The molecule has 0 amide bonds. The van der Waals surface area contributed by atoms with Crippen molar-refractivity contribution < 1.29 is 5.11 Å². The molecule has 0 aliphatic rings. The van der Waals surface area contributed by atoms with E-state index in [1.807, 2.05) is 0 Å². The Bertz CT molecular complexity index is 194. The van der Waals surface area contributed by atoms with Crippen LogP contribution in [-0.2, 0) is 0 Å². The molecule has 0 aromatic heterocycles. The van der Waals surface area contributed by atoms with E-state index >= 15 is 0 Å². The fourth-order valence-electron chi connectivity index (χ4n) is 3.84. The number of rotatable bonds is 21. The molecule has 27 heavy (non-hydrogen) atoms. The van der Waals surface area contributed by atoms with Crippen molar-refractivity contribution in [2.45, 2.75) is 150 Å². The van der Waals surface area contributed by atoms with Gasteiger partial charge in [-0.25, -0.2) is 0 Å². The first-order valence-corrected chi connectivity index (χ1v) is 18.6. The Kier molecular flexibility index (Phi) is 32.1. The zero-order valence-electron chi connectivity index (χ0n) is 19.8. The van der Waals surface area contributed by atoms with Crippen LogP contribution in [0, 0.1) is 0 Å². The van der Waals surface area contributed by atoms with E-state index < -0.39 is 19.8 Å². The van der Waals surface area contributed by atoms with Gasteiger partial charge in [-0.15, -0.1) is 0 Å². The molecule has 0 bridgehead atoms. The molecule has 0 aromatic carbocycles. The van der Waals surface area contributed by atoms with Crippen LogP contribution in [-0.4, -0.2) is 26.9 Å². The smallest absolute Gasteiger partial charge is 0.153 e. The average molecular weight is 489 g/mol. The van der Waals surface area contributed by atoms with Crippen molar-refractivity contribution in [3.05, 3.63) is 0 Å².